The fourth-order valence-electron chi connectivity index (χ4n) is 3.81. The standard InChI is InChI=1S/C24H32N4O2/c1-25(2)22(29)18-26(3)23(30)19-27-14-16-28(17-15-27)24(20-10-6-4-7-11-20)21-12-8-5-9-13-21/h4-13,24H,14-19H2,1-3H3. The quantitative estimate of drug-likeness (QED) is 0.703. The van der Waals surface area contributed by atoms with Crippen LogP contribution in [0, 0.1) is 0 Å². The first-order valence-corrected chi connectivity index (χ1v) is 10.5. The van der Waals surface area contributed by atoms with Gasteiger partial charge in [0.25, 0.3) is 0 Å². The predicted molar refractivity (Wildman–Crippen MR) is 119 cm³/mol. The van der Waals surface area contributed by atoms with Crippen molar-refractivity contribution in [2.24, 2.45) is 0 Å². The van der Waals surface area contributed by atoms with Crippen LogP contribution in [-0.2, 0) is 9.59 Å². The normalized spacial score (nSPS) is 15.2. The highest BCUT2D eigenvalue weighted by atomic mass is 16.2. The number of hydrogen-bond acceptors (Lipinski definition) is 4. The van der Waals surface area contributed by atoms with Gasteiger partial charge in [-0.05, 0) is 11.1 Å². The first-order chi connectivity index (χ1) is 14.5. The Morgan fingerprint density at radius 1 is 0.800 bits per heavy atom. The molecule has 0 bridgehead atoms. The van der Waals surface area contributed by atoms with Crippen LogP contribution in [0.1, 0.15) is 17.2 Å². The average Bonchev–Trinajstić information content (AvgIpc) is 2.76. The molecular weight excluding hydrogens is 376 g/mol. The van der Waals surface area contributed by atoms with Gasteiger partial charge in [0.05, 0.1) is 19.1 Å². The van der Waals surface area contributed by atoms with Crippen LogP contribution in [-0.4, -0.2) is 91.8 Å². The summed E-state index contributed by atoms with van der Waals surface area (Å²) in [6, 6.07) is 21.4. The van der Waals surface area contributed by atoms with Gasteiger partial charge in [-0.15, -0.1) is 0 Å². The molecule has 0 radical (unpaired) electrons. The zero-order valence-corrected chi connectivity index (χ0v) is 18.2. The molecule has 1 fully saturated rings. The van der Waals surface area contributed by atoms with E-state index in [2.05, 4.69) is 58.3 Å². The average molecular weight is 409 g/mol. The van der Waals surface area contributed by atoms with Crippen molar-refractivity contribution in [1.29, 1.82) is 0 Å². The minimum atomic E-state index is -0.0655. The van der Waals surface area contributed by atoms with Crippen LogP contribution in [0.4, 0.5) is 0 Å². The van der Waals surface area contributed by atoms with Crippen LogP contribution in [0.25, 0.3) is 0 Å². The molecule has 160 valence electrons. The minimum Gasteiger partial charge on any atom is -0.347 e. The maximum atomic E-state index is 12.5. The molecule has 0 aliphatic carbocycles. The first-order valence-electron chi connectivity index (χ1n) is 10.5. The fourth-order valence-corrected chi connectivity index (χ4v) is 3.81. The van der Waals surface area contributed by atoms with E-state index >= 15 is 0 Å². The second-order valence-electron chi connectivity index (χ2n) is 8.07. The van der Waals surface area contributed by atoms with Gasteiger partial charge in [-0.1, -0.05) is 60.7 Å². The number of piperazine rings is 1. The summed E-state index contributed by atoms with van der Waals surface area (Å²) >= 11 is 0. The number of carbonyl (C=O) groups is 2. The van der Waals surface area contributed by atoms with E-state index in [1.54, 1.807) is 21.1 Å². The van der Waals surface area contributed by atoms with Crippen LogP contribution in [0.2, 0.25) is 0 Å². The zero-order chi connectivity index (χ0) is 21.5. The van der Waals surface area contributed by atoms with Gasteiger partial charge < -0.3 is 9.80 Å². The summed E-state index contributed by atoms with van der Waals surface area (Å²) in [5, 5.41) is 0. The number of carbonyl (C=O) groups excluding carboxylic acids is 2. The van der Waals surface area contributed by atoms with Gasteiger partial charge in [-0.2, -0.15) is 0 Å². The molecule has 0 saturated carbocycles. The Hall–Kier alpha value is -2.70. The second-order valence-corrected chi connectivity index (χ2v) is 8.07. The molecule has 0 atom stereocenters. The molecule has 3 rings (SSSR count). The molecule has 1 heterocycles. The van der Waals surface area contributed by atoms with Crippen molar-refractivity contribution in [3.05, 3.63) is 71.8 Å². The van der Waals surface area contributed by atoms with Gasteiger partial charge in [0.15, 0.2) is 0 Å². The summed E-state index contributed by atoms with van der Waals surface area (Å²) in [7, 11) is 5.10. The van der Waals surface area contributed by atoms with E-state index in [1.165, 1.54) is 20.9 Å². The Kier molecular flexibility index (Phi) is 7.60. The highest BCUT2D eigenvalue weighted by molar-refractivity contribution is 5.85. The summed E-state index contributed by atoms with van der Waals surface area (Å²) < 4.78 is 0. The third kappa shape index (κ3) is 5.68. The lowest BCUT2D eigenvalue weighted by atomic mass is 9.96. The highest BCUT2D eigenvalue weighted by Gasteiger charge is 2.27. The van der Waals surface area contributed by atoms with Crippen LogP contribution >= 0.6 is 0 Å². The van der Waals surface area contributed by atoms with E-state index in [9.17, 15) is 9.59 Å². The Labute approximate surface area is 179 Å². The summed E-state index contributed by atoms with van der Waals surface area (Å²) in [6.45, 7) is 3.92. The van der Waals surface area contributed by atoms with Crippen molar-refractivity contribution in [1.82, 2.24) is 19.6 Å². The van der Waals surface area contributed by atoms with Crippen molar-refractivity contribution >= 4 is 11.8 Å². The summed E-state index contributed by atoms with van der Waals surface area (Å²) in [5.41, 5.74) is 2.57. The predicted octanol–water partition coefficient (Wildman–Crippen LogP) is 1.94. The third-order valence-electron chi connectivity index (χ3n) is 5.66. The number of hydrogen-bond donors (Lipinski definition) is 0. The van der Waals surface area contributed by atoms with E-state index < -0.39 is 0 Å². The molecule has 0 unspecified atom stereocenters. The minimum absolute atomic E-state index is 0.0127. The van der Waals surface area contributed by atoms with Crippen molar-refractivity contribution < 1.29 is 9.59 Å². The molecule has 6 heteroatoms. The third-order valence-corrected chi connectivity index (χ3v) is 5.66. The van der Waals surface area contributed by atoms with E-state index in [0.29, 0.717) is 6.54 Å². The van der Waals surface area contributed by atoms with Gasteiger partial charge in [-0.25, -0.2) is 0 Å². The lowest BCUT2D eigenvalue weighted by molar-refractivity contribution is -0.138. The van der Waals surface area contributed by atoms with Crippen LogP contribution in [0.5, 0.6) is 0 Å². The Morgan fingerprint density at radius 3 is 1.77 bits per heavy atom. The summed E-state index contributed by atoms with van der Waals surface area (Å²) in [6.07, 6.45) is 0. The van der Waals surface area contributed by atoms with Crippen molar-refractivity contribution in [3.8, 4) is 0 Å². The Morgan fingerprint density at radius 2 is 1.30 bits per heavy atom. The molecule has 0 spiro atoms. The highest BCUT2D eigenvalue weighted by Crippen LogP contribution is 2.29. The molecule has 0 N–H and O–H groups in total. The lowest BCUT2D eigenvalue weighted by Gasteiger charge is -2.39. The SMILES string of the molecule is CN(C)C(=O)CN(C)C(=O)CN1CCN(C(c2ccccc2)c2ccccc2)CC1. The first kappa shape index (κ1) is 22.0. The second kappa shape index (κ2) is 10.4. The largest absolute Gasteiger partial charge is 0.347 e. The number of rotatable bonds is 7. The van der Waals surface area contributed by atoms with E-state index in [4.69, 9.17) is 0 Å². The van der Waals surface area contributed by atoms with Crippen molar-refractivity contribution in [2.45, 2.75) is 6.04 Å². The molecular formula is C24H32N4O2. The Balaban J connectivity index is 1.60. The van der Waals surface area contributed by atoms with Crippen LogP contribution in [0.3, 0.4) is 0 Å². The van der Waals surface area contributed by atoms with Crippen molar-refractivity contribution in [2.75, 3.05) is 60.4 Å². The van der Waals surface area contributed by atoms with Gasteiger partial charge >= 0.3 is 0 Å². The van der Waals surface area contributed by atoms with Gasteiger partial charge in [-0.3, -0.25) is 19.4 Å². The molecule has 30 heavy (non-hydrogen) atoms. The fraction of sp³-hybridized carbons (Fsp3) is 0.417. The van der Waals surface area contributed by atoms with Gasteiger partial charge in [0.2, 0.25) is 11.8 Å². The molecule has 1 aliphatic rings. The molecule has 6 nitrogen and oxygen atoms in total. The number of amides is 2. The molecule has 0 aromatic heterocycles. The molecule has 1 saturated heterocycles. The lowest BCUT2D eigenvalue weighted by Crippen LogP contribution is -2.51. The van der Waals surface area contributed by atoms with Crippen molar-refractivity contribution in [3.63, 3.8) is 0 Å². The maximum absolute atomic E-state index is 12.5. The topological polar surface area (TPSA) is 47.1 Å². The molecule has 2 amide bonds. The van der Waals surface area contributed by atoms with E-state index in [-0.39, 0.29) is 24.4 Å². The zero-order valence-electron chi connectivity index (χ0n) is 18.2. The van der Waals surface area contributed by atoms with E-state index in [1.807, 2.05) is 12.1 Å². The smallest absolute Gasteiger partial charge is 0.241 e. The molecule has 1 aliphatic heterocycles. The molecule has 2 aromatic rings. The number of nitrogens with zero attached hydrogens (tertiary/aromatic N) is 4. The maximum Gasteiger partial charge on any atom is 0.241 e. The van der Waals surface area contributed by atoms with Gasteiger partial charge in [0, 0.05) is 47.3 Å². The molecule has 2 aromatic carbocycles. The Bertz CT molecular complexity index is 778. The van der Waals surface area contributed by atoms with Crippen LogP contribution < -0.4 is 0 Å². The monoisotopic (exact) mass is 408 g/mol. The van der Waals surface area contributed by atoms with Gasteiger partial charge in [0.1, 0.15) is 0 Å². The van der Waals surface area contributed by atoms with Crippen LogP contribution in [0.15, 0.2) is 60.7 Å². The summed E-state index contributed by atoms with van der Waals surface area (Å²) in [5.74, 6) is -0.0782. The van der Waals surface area contributed by atoms with E-state index in [0.717, 1.165) is 26.2 Å². The number of likely N-dealkylation sites (N-methyl/N-ethyl adjacent to an activating group) is 2. The number of benzene rings is 2. The summed E-state index contributed by atoms with van der Waals surface area (Å²) in [4.78, 5) is 32.1.